The molecule has 1 atom stereocenters. The molecule has 0 aromatic carbocycles. The van der Waals surface area contributed by atoms with Gasteiger partial charge in [-0.3, -0.25) is 9.25 Å². The zero-order valence-electron chi connectivity index (χ0n) is 24.6. The molecule has 1 unspecified atom stereocenters. The highest BCUT2D eigenvalue weighted by molar-refractivity contribution is 7.53. The molecule has 4 rings (SSSR count). The van der Waals surface area contributed by atoms with E-state index in [4.69, 9.17) is 23.8 Å². The van der Waals surface area contributed by atoms with E-state index in [1.165, 1.54) is 0 Å². The summed E-state index contributed by atoms with van der Waals surface area (Å²) in [5.74, 6) is 2.16. The predicted octanol–water partition coefficient (Wildman–Crippen LogP) is 2.43. The highest BCUT2D eigenvalue weighted by Gasteiger charge is 2.27. The van der Waals surface area contributed by atoms with E-state index in [9.17, 15) is 9.67 Å². The normalized spacial score (nSPS) is 18.0. The van der Waals surface area contributed by atoms with Crippen LogP contribution in [0.4, 0.5) is 17.6 Å². The second-order valence-electron chi connectivity index (χ2n) is 10.4. The average molecular weight is 596 g/mol. The number of hydrogen-bond donors (Lipinski definition) is 3. The maximum atomic E-state index is 12.8. The Morgan fingerprint density at radius 1 is 1.12 bits per heavy atom. The van der Waals surface area contributed by atoms with E-state index in [1.54, 1.807) is 11.6 Å². The van der Waals surface area contributed by atoms with Gasteiger partial charge in [-0.1, -0.05) is 5.21 Å². The summed E-state index contributed by atoms with van der Waals surface area (Å²) in [5.41, 5.74) is 0.774. The quantitative estimate of drug-likeness (QED) is 0.244. The van der Waals surface area contributed by atoms with Crippen LogP contribution in [-0.4, -0.2) is 112 Å². The number of aromatic nitrogens is 5. The maximum absolute atomic E-state index is 12.8. The highest BCUT2D eigenvalue weighted by Crippen LogP contribution is 2.47. The summed E-state index contributed by atoms with van der Waals surface area (Å²) in [6, 6.07) is 2.28. The maximum Gasteiger partial charge on any atom is 0.331 e. The van der Waals surface area contributed by atoms with Crippen LogP contribution in [0.15, 0.2) is 12.3 Å². The molecule has 0 bridgehead atoms. The van der Waals surface area contributed by atoms with Gasteiger partial charge in [-0.15, -0.1) is 5.10 Å². The van der Waals surface area contributed by atoms with Crippen LogP contribution in [0.3, 0.4) is 0 Å². The molecule has 2 aromatic heterocycles. The third-order valence-electron chi connectivity index (χ3n) is 7.12. The number of nitrogens with zero attached hydrogens (tertiary/aromatic N) is 7. The van der Waals surface area contributed by atoms with Crippen molar-refractivity contribution in [3.8, 4) is 0 Å². The Labute approximate surface area is 242 Å². The molecule has 2 fully saturated rings. The van der Waals surface area contributed by atoms with Crippen molar-refractivity contribution in [1.29, 1.82) is 0 Å². The molecule has 0 radical (unpaired) electrons. The number of rotatable bonds is 16. The van der Waals surface area contributed by atoms with Gasteiger partial charge in [0.1, 0.15) is 17.3 Å². The van der Waals surface area contributed by atoms with Crippen molar-refractivity contribution in [3.63, 3.8) is 0 Å². The first-order valence-electron chi connectivity index (χ1n) is 14.8. The van der Waals surface area contributed by atoms with Crippen molar-refractivity contribution in [2.24, 2.45) is 0 Å². The van der Waals surface area contributed by atoms with E-state index in [-0.39, 0.29) is 12.1 Å². The molecular weight excluding hydrogens is 549 g/mol. The molecule has 15 heteroatoms. The second kappa shape index (κ2) is 15.8. The minimum absolute atomic E-state index is 0.269. The first kappa shape index (κ1) is 31.6. The lowest BCUT2D eigenvalue weighted by Gasteiger charge is -2.33. The Balaban J connectivity index is 1.34. The van der Waals surface area contributed by atoms with Gasteiger partial charge in [-0.05, 0) is 40.0 Å². The van der Waals surface area contributed by atoms with E-state index in [1.807, 2.05) is 26.1 Å². The molecule has 2 saturated heterocycles. The molecule has 2 aliphatic rings. The van der Waals surface area contributed by atoms with Gasteiger partial charge in [0, 0.05) is 51.4 Å². The zero-order valence-corrected chi connectivity index (χ0v) is 25.5. The van der Waals surface area contributed by atoms with Gasteiger partial charge in [0.2, 0.25) is 5.95 Å². The first-order chi connectivity index (χ1) is 19.9. The molecule has 0 spiro atoms. The Morgan fingerprint density at radius 2 is 1.85 bits per heavy atom. The molecule has 3 N–H and O–H groups in total. The third-order valence-corrected chi connectivity index (χ3v) is 9.17. The zero-order chi connectivity index (χ0) is 29.1. The number of hydrogen-bond acceptors (Lipinski definition) is 13. The Bertz CT molecular complexity index is 1100. The fourth-order valence-electron chi connectivity index (χ4n) is 4.89. The van der Waals surface area contributed by atoms with E-state index in [2.05, 4.69) is 30.7 Å². The number of aliphatic hydroxyl groups is 1. The van der Waals surface area contributed by atoms with Gasteiger partial charge < -0.3 is 39.3 Å². The van der Waals surface area contributed by atoms with Gasteiger partial charge in [0.15, 0.2) is 0 Å². The van der Waals surface area contributed by atoms with Crippen LogP contribution in [0, 0.1) is 0 Å². The summed E-state index contributed by atoms with van der Waals surface area (Å²) in [6.07, 6.45) is 4.41. The number of likely N-dealkylation sites (tertiary alicyclic amines) is 1. The van der Waals surface area contributed by atoms with Crippen LogP contribution in [0.5, 0.6) is 0 Å². The lowest BCUT2D eigenvalue weighted by Crippen LogP contribution is -2.40. The minimum Gasteiger partial charge on any atom is -0.393 e. The van der Waals surface area contributed by atoms with Crippen molar-refractivity contribution in [2.75, 3.05) is 80.8 Å². The number of aryl methyl sites for hydroxylation is 1. The van der Waals surface area contributed by atoms with Crippen molar-refractivity contribution >= 4 is 25.2 Å². The fraction of sp³-hybridized carbons (Fsp3) is 0.769. The smallest absolute Gasteiger partial charge is 0.331 e. The summed E-state index contributed by atoms with van der Waals surface area (Å²) in [4.78, 5) is 14.1. The molecule has 4 heterocycles. The van der Waals surface area contributed by atoms with Crippen LogP contribution in [-0.2, 0) is 31.4 Å². The minimum atomic E-state index is -3.03. The molecule has 0 aliphatic carbocycles. The highest BCUT2D eigenvalue weighted by atomic mass is 31.2. The van der Waals surface area contributed by atoms with Crippen LogP contribution in [0.1, 0.15) is 45.7 Å². The number of morpholine rings is 1. The number of aliphatic hydroxyl groups excluding tert-OH is 1. The summed E-state index contributed by atoms with van der Waals surface area (Å²) < 4.78 is 31.0. The van der Waals surface area contributed by atoms with Gasteiger partial charge in [-0.2, -0.15) is 9.97 Å². The fourth-order valence-corrected chi connectivity index (χ4v) is 6.54. The first-order valence-corrected chi connectivity index (χ1v) is 16.5. The summed E-state index contributed by atoms with van der Waals surface area (Å²) in [6.45, 7) is 12.6. The SMILES string of the molecule is CCOP(=O)(CCN1CCC(Nc2cc(N3CCOCC3)nc(NCc3cn(CCC(C)O)nn3)n2)CC1)OCC. The lowest BCUT2D eigenvalue weighted by atomic mass is 10.1. The van der Waals surface area contributed by atoms with E-state index < -0.39 is 7.60 Å². The Hall–Kier alpha value is -2.35. The van der Waals surface area contributed by atoms with Crippen LogP contribution in [0.25, 0.3) is 0 Å². The van der Waals surface area contributed by atoms with E-state index in [0.29, 0.717) is 64.6 Å². The molecular formula is C26H46N9O5P. The van der Waals surface area contributed by atoms with Crippen molar-refractivity contribution in [1.82, 2.24) is 29.9 Å². The number of nitrogens with one attached hydrogen (secondary N) is 2. The molecule has 41 heavy (non-hydrogen) atoms. The standard InChI is InChI=1S/C26H46N9O5P/c1-4-39-41(37,40-5-2)17-14-33-9-7-22(8-10-33)28-24-18-25(34-12-15-38-16-13-34)30-26(29-24)27-19-23-20-35(32-31-23)11-6-21(3)36/h18,20-22,36H,4-17,19H2,1-3H3,(H2,27,28,29,30). The summed E-state index contributed by atoms with van der Waals surface area (Å²) in [5, 5.41) is 24.8. The second-order valence-corrected chi connectivity index (χ2v) is 12.6. The van der Waals surface area contributed by atoms with Crippen LogP contribution >= 0.6 is 7.60 Å². The van der Waals surface area contributed by atoms with Gasteiger partial charge in [-0.25, -0.2) is 0 Å². The van der Waals surface area contributed by atoms with E-state index in [0.717, 1.165) is 56.4 Å². The number of anilines is 3. The average Bonchev–Trinajstić information content (AvgIpc) is 3.43. The predicted molar refractivity (Wildman–Crippen MR) is 158 cm³/mol. The molecule has 14 nitrogen and oxygen atoms in total. The van der Waals surface area contributed by atoms with Crippen molar-refractivity contribution in [3.05, 3.63) is 18.0 Å². The topological polar surface area (TPSA) is 152 Å². The van der Waals surface area contributed by atoms with Crippen molar-refractivity contribution < 1.29 is 23.5 Å². The van der Waals surface area contributed by atoms with Gasteiger partial charge in [0.05, 0.1) is 51.4 Å². The monoisotopic (exact) mass is 595 g/mol. The largest absolute Gasteiger partial charge is 0.393 e. The van der Waals surface area contributed by atoms with Crippen molar-refractivity contribution in [2.45, 2.75) is 65.3 Å². The molecule has 2 aromatic rings. The van der Waals surface area contributed by atoms with Gasteiger partial charge >= 0.3 is 7.60 Å². The van der Waals surface area contributed by atoms with E-state index >= 15 is 0 Å². The number of piperidine rings is 1. The lowest BCUT2D eigenvalue weighted by molar-refractivity contribution is 0.122. The van der Waals surface area contributed by atoms with Crippen LogP contribution < -0.4 is 15.5 Å². The molecule has 230 valence electrons. The summed E-state index contributed by atoms with van der Waals surface area (Å²) >= 11 is 0. The Kier molecular flexibility index (Phi) is 12.1. The molecule has 0 amide bonds. The molecule has 2 aliphatic heterocycles. The van der Waals surface area contributed by atoms with Gasteiger partial charge in [0.25, 0.3) is 0 Å². The summed E-state index contributed by atoms with van der Waals surface area (Å²) in [7, 11) is -3.03. The molecule has 0 saturated carbocycles. The third kappa shape index (κ3) is 10.2. The Morgan fingerprint density at radius 3 is 2.54 bits per heavy atom. The van der Waals surface area contributed by atoms with Crippen LogP contribution in [0.2, 0.25) is 0 Å². The number of ether oxygens (including phenoxy) is 1.